The zero-order valence-corrected chi connectivity index (χ0v) is 20.8. The number of aliphatic hydroxyl groups excluding tert-OH is 1. The van der Waals surface area contributed by atoms with Crippen LogP contribution in [0.3, 0.4) is 0 Å². The van der Waals surface area contributed by atoms with Gasteiger partial charge in [0.2, 0.25) is 0 Å². The van der Waals surface area contributed by atoms with Gasteiger partial charge in [-0.15, -0.1) is 0 Å². The Labute approximate surface area is 209 Å². The van der Waals surface area contributed by atoms with Crippen LogP contribution >= 0.6 is 0 Å². The highest BCUT2D eigenvalue weighted by Crippen LogP contribution is 2.44. The van der Waals surface area contributed by atoms with E-state index in [4.69, 9.17) is 9.47 Å². The summed E-state index contributed by atoms with van der Waals surface area (Å²) < 4.78 is 24.5. The number of hydrogen-bond donors (Lipinski definition) is 1. The zero-order valence-electron chi connectivity index (χ0n) is 20.8. The molecule has 0 saturated carbocycles. The van der Waals surface area contributed by atoms with Crippen molar-refractivity contribution >= 4 is 23.1 Å². The number of ketones is 1. The maximum atomic E-state index is 13.7. The molecule has 3 aromatic rings. The Bertz CT molecular complexity index is 1360. The van der Waals surface area contributed by atoms with E-state index in [9.17, 15) is 19.1 Å². The molecule has 186 valence electrons. The van der Waals surface area contributed by atoms with Crippen molar-refractivity contribution in [3.8, 4) is 11.5 Å². The summed E-state index contributed by atoms with van der Waals surface area (Å²) in [6, 6.07) is 14.9. The molecule has 1 atom stereocenters. The third-order valence-corrected chi connectivity index (χ3v) is 6.41. The Morgan fingerprint density at radius 2 is 1.69 bits per heavy atom. The van der Waals surface area contributed by atoms with E-state index in [1.807, 2.05) is 13.8 Å². The summed E-state index contributed by atoms with van der Waals surface area (Å²) in [6.45, 7) is 5.81. The fourth-order valence-corrected chi connectivity index (χ4v) is 4.55. The number of rotatable bonds is 6. The molecule has 1 heterocycles. The first-order chi connectivity index (χ1) is 17.2. The molecule has 0 radical (unpaired) electrons. The maximum Gasteiger partial charge on any atom is 0.300 e. The van der Waals surface area contributed by atoms with Gasteiger partial charge in [0.25, 0.3) is 11.7 Å². The smallest absolute Gasteiger partial charge is 0.300 e. The highest BCUT2D eigenvalue weighted by Gasteiger charge is 2.47. The lowest BCUT2D eigenvalue weighted by Crippen LogP contribution is -2.29. The van der Waals surface area contributed by atoms with Gasteiger partial charge in [0, 0.05) is 11.3 Å². The van der Waals surface area contributed by atoms with Gasteiger partial charge in [-0.1, -0.05) is 26.0 Å². The van der Waals surface area contributed by atoms with Crippen molar-refractivity contribution < 1.29 is 28.6 Å². The number of anilines is 1. The molecule has 4 rings (SSSR count). The van der Waals surface area contributed by atoms with Crippen molar-refractivity contribution in [1.82, 2.24) is 0 Å². The van der Waals surface area contributed by atoms with Gasteiger partial charge in [0.1, 0.15) is 23.1 Å². The van der Waals surface area contributed by atoms with E-state index in [1.54, 1.807) is 50.4 Å². The van der Waals surface area contributed by atoms with Crippen LogP contribution in [0.15, 0.2) is 66.2 Å². The molecular formula is C29H28FNO5. The topological polar surface area (TPSA) is 76.1 Å². The van der Waals surface area contributed by atoms with Crippen molar-refractivity contribution in [2.45, 2.75) is 32.7 Å². The van der Waals surface area contributed by atoms with Gasteiger partial charge in [-0.3, -0.25) is 14.5 Å². The summed E-state index contributed by atoms with van der Waals surface area (Å²) >= 11 is 0. The number of hydrogen-bond acceptors (Lipinski definition) is 5. The van der Waals surface area contributed by atoms with Gasteiger partial charge < -0.3 is 14.6 Å². The molecule has 1 N–H and O–H groups in total. The molecule has 1 aliphatic rings. The van der Waals surface area contributed by atoms with Crippen molar-refractivity contribution in [2.75, 3.05) is 19.1 Å². The van der Waals surface area contributed by atoms with Crippen LogP contribution in [0.5, 0.6) is 11.5 Å². The Morgan fingerprint density at radius 1 is 1.00 bits per heavy atom. The molecular weight excluding hydrogens is 461 g/mol. The summed E-state index contributed by atoms with van der Waals surface area (Å²) in [7, 11) is 3.10. The molecule has 3 aromatic carbocycles. The van der Waals surface area contributed by atoms with Crippen molar-refractivity contribution in [3.63, 3.8) is 0 Å². The molecule has 1 aliphatic heterocycles. The number of benzene rings is 3. The number of carbonyl (C=O) groups excluding carboxylic acids is 2. The van der Waals surface area contributed by atoms with Gasteiger partial charge in [0.15, 0.2) is 0 Å². The predicted octanol–water partition coefficient (Wildman–Crippen LogP) is 5.90. The molecule has 36 heavy (non-hydrogen) atoms. The molecule has 0 aliphatic carbocycles. The minimum Gasteiger partial charge on any atom is -0.507 e. The monoisotopic (exact) mass is 489 g/mol. The van der Waals surface area contributed by atoms with Gasteiger partial charge in [0.05, 0.1) is 25.8 Å². The maximum absolute atomic E-state index is 13.7. The molecule has 1 unspecified atom stereocenters. The summed E-state index contributed by atoms with van der Waals surface area (Å²) in [5.41, 5.74) is 2.82. The number of methoxy groups -OCH3 is 2. The van der Waals surface area contributed by atoms with E-state index in [0.717, 1.165) is 5.56 Å². The standard InChI is InChI=1S/C29H28FNO5/c1-16(2)22-15-23(17(3)13-24(22)36-5)27(32)25-26(18-7-6-8-21(14-18)35-4)31(29(34)28(25)33)20-11-9-19(30)10-12-20/h6-16,26,32H,1-5H3/b27-25+. The predicted molar refractivity (Wildman–Crippen MR) is 136 cm³/mol. The zero-order chi connectivity index (χ0) is 26.1. The number of carbonyl (C=O) groups is 2. The minimum absolute atomic E-state index is 0.0550. The summed E-state index contributed by atoms with van der Waals surface area (Å²) in [5.74, 6) is -1.11. The number of ether oxygens (including phenoxy) is 2. The molecule has 1 saturated heterocycles. The largest absolute Gasteiger partial charge is 0.507 e. The van der Waals surface area contributed by atoms with E-state index in [1.165, 1.54) is 36.3 Å². The number of Topliss-reactive ketones (excluding diaryl/α,β-unsaturated/α-hetero) is 1. The number of aryl methyl sites for hydroxylation is 1. The van der Waals surface area contributed by atoms with E-state index < -0.39 is 23.5 Å². The minimum atomic E-state index is -0.949. The van der Waals surface area contributed by atoms with E-state index in [0.29, 0.717) is 33.9 Å². The molecule has 1 amide bonds. The van der Waals surface area contributed by atoms with E-state index in [2.05, 4.69) is 0 Å². The lowest BCUT2D eigenvalue weighted by Gasteiger charge is -2.26. The highest BCUT2D eigenvalue weighted by molar-refractivity contribution is 6.51. The fraction of sp³-hybridized carbons (Fsp3) is 0.241. The van der Waals surface area contributed by atoms with Crippen LogP contribution in [-0.2, 0) is 9.59 Å². The van der Waals surface area contributed by atoms with E-state index >= 15 is 0 Å². The van der Waals surface area contributed by atoms with Crippen molar-refractivity contribution in [1.29, 1.82) is 0 Å². The Morgan fingerprint density at radius 3 is 2.31 bits per heavy atom. The number of amides is 1. The lowest BCUT2D eigenvalue weighted by atomic mass is 9.91. The lowest BCUT2D eigenvalue weighted by molar-refractivity contribution is -0.132. The molecule has 7 heteroatoms. The first kappa shape index (κ1) is 25.0. The van der Waals surface area contributed by atoms with Crippen LogP contribution in [-0.4, -0.2) is 31.0 Å². The van der Waals surface area contributed by atoms with Crippen LogP contribution in [0.25, 0.3) is 5.76 Å². The summed E-state index contributed by atoms with van der Waals surface area (Å²) in [6.07, 6.45) is 0. The van der Waals surface area contributed by atoms with Crippen LogP contribution in [0.1, 0.15) is 48.1 Å². The van der Waals surface area contributed by atoms with E-state index in [-0.39, 0.29) is 17.3 Å². The second-order valence-electron chi connectivity index (χ2n) is 8.99. The Hall–Kier alpha value is -4.13. The van der Waals surface area contributed by atoms with Gasteiger partial charge >= 0.3 is 0 Å². The molecule has 0 bridgehead atoms. The number of aliphatic hydroxyl groups is 1. The number of nitrogens with zero attached hydrogens (tertiary/aromatic N) is 1. The summed E-state index contributed by atoms with van der Waals surface area (Å²) in [4.78, 5) is 28.0. The highest BCUT2D eigenvalue weighted by atomic mass is 19.1. The molecule has 0 aromatic heterocycles. The fourth-order valence-electron chi connectivity index (χ4n) is 4.55. The summed E-state index contributed by atoms with van der Waals surface area (Å²) in [5, 5.41) is 11.6. The molecule has 6 nitrogen and oxygen atoms in total. The average Bonchev–Trinajstić information content (AvgIpc) is 3.14. The van der Waals surface area contributed by atoms with Gasteiger partial charge in [-0.2, -0.15) is 0 Å². The third kappa shape index (κ3) is 4.33. The van der Waals surface area contributed by atoms with Crippen LogP contribution < -0.4 is 14.4 Å². The SMILES string of the molecule is COc1cccc(C2/C(=C(\O)c3cc(C(C)C)c(OC)cc3C)C(=O)C(=O)N2c2ccc(F)cc2)c1. The Balaban J connectivity index is 1.99. The van der Waals surface area contributed by atoms with Gasteiger partial charge in [-0.05, 0) is 78.1 Å². The molecule has 1 fully saturated rings. The van der Waals surface area contributed by atoms with Crippen molar-refractivity contribution in [2.24, 2.45) is 0 Å². The average molecular weight is 490 g/mol. The van der Waals surface area contributed by atoms with Gasteiger partial charge in [-0.25, -0.2) is 4.39 Å². The van der Waals surface area contributed by atoms with Crippen molar-refractivity contribution in [3.05, 3.63) is 94.3 Å². The third-order valence-electron chi connectivity index (χ3n) is 6.41. The quantitative estimate of drug-likeness (QED) is 0.265. The number of halogens is 1. The normalized spacial score (nSPS) is 17.1. The molecule has 0 spiro atoms. The second-order valence-corrected chi connectivity index (χ2v) is 8.99. The second kappa shape index (κ2) is 9.85. The van der Waals surface area contributed by atoms with Crippen LogP contribution in [0.4, 0.5) is 10.1 Å². The van der Waals surface area contributed by atoms with Crippen LogP contribution in [0, 0.1) is 12.7 Å². The first-order valence-corrected chi connectivity index (χ1v) is 11.6. The first-order valence-electron chi connectivity index (χ1n) is 11.6. The van der Waals surface area contributed by atoms with Crippen LogP contribution in [0.2, 0.25) is 0 Å². The Kier molecular flexibility index (Phi) is 6.84.